The summed E-state index contributed by atoms with van der Waals surface area (Å²) in [7, 11) is 4.90. The average molecular weight is 407 g/mol. The summed E-state index contributed by atoms with van der Waals surface area (Å²) >= 11 is 0. The van der Waals surface area contributed by atoms with Gasteiger partial charge < -0.3 is 30.6 Å². The number of nitrogen functional groups attached to an aromatic ring is 2. The van der Waals surface area contributed by atoms with Gasteiger partial charge in [0.05, 0.1) is 21.3 Å². The van der Waals surface area contributed by atoms with Crippen molar-refractivity contribution in [1.82, 2.24) is 9.97 Å². The van der Waals surface area contributed by atoms with Gasteiger partial charge in [0.1, 0.15) is 17.1 Å². The van der Waals surface area contributed by atoms with Crippen LogP contribution in [0.15, 0.2) is 36.4 Å². The Labute approximate surface area is 175 Å². The molecule has 0 atom stereocenters. The molecule has 0 fully saturated rings. The van der Waals surface area contributed by atoms with Gasteiger partial charge in [0.2, 0.25) is 5.95 Å². The van der Waals surface area contributed by atoms with Gasteiger partial charge in [-0.25, -0.2) is 4.98 Å². The third kappa shape index (κ3) is 3.52. The fourth-order valence-electron chi connectivity index (χ4n) is 3.77. The summed E-state index contributed by atoms with van der Waals surface area (Å²) in [5, 5.41) is 0. The molecule has 2 heterocycles. The molecule has 0 saturated carbocycles. The first-order valence-electron chi connectivity index (χ1n) is 9.60. The van der Waals surface area contributed by atoms with Crippen LogP contribution < -0.4 is 30.6 Å². The van der Waals surface area contributed by atoms with Crippen LogP contribution in [-0.2, 0) is 13.0 Å². The fourth-order valence-corrected chi connectivity index (χ4v) is 3.77. The molecule has 0 bridgehead atoms. The molecule has 4 N–H and O–H groups in total. The summed E-state index contributed by atoms with van der Waals surface area (Å²) in [5.41, 5.74) is 16.8. The summed E-state index contributed by atoms with van der Waals surface area (Å²) in [6.07, 6.45) is 0.827. The lowest BCUT2D eigenvalue weighted by Gasteiger charge is -2.31. The van der Waals surface area contributed by atoms with Crippen LogP contribution in [0.5, 0.6) is 17.2 Å². The van der Waals surface area contributed by atoms with E-state index in [0.717, 1.165) is 35.6 Å². The van der Waals surface area contributed by atoms with E-state index in [4.69, 9.17) is 25.7 Å². The number of hydrogen-bond donors (Lipinski definition) is 2. The lowest BCUT2D eigenvalue weighted by Crippen LogP contribution is -2.32. The SMILES string of the molecule is COc1cccc(-c2nc(N)nc(N3CCc4cc(OC)c(OC)cc4C3)c2N)c1. The van der Waals surface area contributed by atoms with Crippen LogP contribution in [0.25, 0.3) is 11.3 Å². The van der Waals surface area contributed by atoms with Crippen LogP contribution in [0.2, 0.25) is 0 Å². The first-order valence-corrected chi connectivity index (χ1v) is 9.60. The number of anilines is 3. The highest BCUT2D eigenvalue weighted by Crippen LogP contribution is 2.37. The largest absolute Gasteiger partial charge is 0.497 e. The Kier molecular flexibility index (Phi) is 5.22. The first kappa shape index (κ1) is 19.6. The molecule has 156 valence electrons. The van der Waals surface area contributed by atoms with Gasteiger partial charge in [-0.3, -0.25) is 0 Å². The molecule has 3 aromatic rings. The Morgan fingerprint density at radius 3 is 2.33 bits per heavy atom. The van der Waals surface area contributed by atoms with Gasteiger partial charge in [0.25, 0.3) is 0 Å². The summed E-state index contributed by atoms with van der Waals surface area (Å²) < 4.78 is 16.2. The lowest BCUT2D eigenvalue weighted by molar-refractivity contribution is 0.353. The molecule has 0 aliphatic carbocycles. The second-order valence-corrected chi connectivity index (χ2v) is 7.05. The number of fused-ring (bicyclic) bond motifs is 1. The smallest absolute Gasteiger partial charge is 0.222 e. The Morgan fingerprint density at radius 1 is 0.900 bits per heavy atom. The number of aromatic nitrogens is 2. The molecule has 2 aromatic carbocycles. The van der Waals surface area contributed by atoms with Crippen LogP contribution in [0.1, 0.15) is 11.1 Å². The minimum atomic E-state index is 0.176. The number of ether oxygens (including phenoxy) is 3. The number of benzene rings is 2. The van der Waals surface area contributed by atoms with Crippen LogP contribution in [0, 0.1) is 0 Å². The zero-order valence-electron chi connectivity index (χ0n) is 17.3. The van der Waals surface area contributed by atoms with Crippen molar-refractivity contribution in [2.45, 2.75) is 13.0 Å². The van der Waals surface area contributed by atoms with Crippen molar-refractivity contribution in [3.8, 4) is 28.5 Å². The Bertz CT molecular complexity index is 1090. The lowest BCUT2D eigenvalue weighted by atomic mass is 9.98. The third-order valence-electron chi connectivity index (χ3n) is 5.30. The van der Waals surface area contributed by atoms with Crippen molar-refractivity contribution in [2.24, 2.45) is 0 Å². The zero-order valence-corrected chi connectivity index (χ0v) is 17.3. The molecule has 1 aliphatic rings. The van der Waals surface area contributed by atoms with E-state index in [9.17, 15) is 0 Å². The van der Waals surface area contributed by atoms with E-state index in [2.05, 4.69) is 14.9 Å². The van der Waals surface area contributed by atoms with E-state index < -0.39 is 0 Å². The Balaban J connectivity index is 1.72. The molecule has 4 rings (SSSR count). The van der Waals surface area contributed by atoms with Gasteiger partial charge in [-0.1, -0.05) is 12.1 Å². The molecular weight excluding hydrogens is 382 g/mol. The highest BCUT2D eigenvalue weighted by Gasteiger charge is 2.24. The molecule has 0 unspecified atom stereocenters. The zero-order chi connectivity index (χ0) is 21.3. The molecule has 8 nitrogen and oxygen atoms in total. The molecule has 1 aliphatic heterocycles. The number of nitrogens with zero attached hydrogens (tertiary/aromatic N) is 3. The average Bonchev–Trinajstić information content (AvgIpc) is 2.78. The minimum absolute atomic E-state index is 0.176. The maximum atomic E-state index is 6.52. The predicted octanol–water partition coefficient (Wildman–Crippen LogP) is 2.90. The summed E-state index contributed by atoms with van der Waals surface area (Å²) in [6.45, 7) is 1.38. The number of hydrogen-bond acceptors (Lipinski definition) is 8. The molecular formula is C22H25N5O3. The minimum Gasteiger partial charge on any atom is -0.497 e. The molecule has 0 saturated heterocycles. The molecule has 0 radical (unpaired) electrons. The quantitative estimate of drug-likeness (QED) is 0.665. The van der Waals surface area contributed by atoms with E-state index in [1.165, 1.54) is 5.56 Å². The van der Waals surface area contributed by atoms with Crippen molar-refractivity contribution in [1.29, 1.82) is 0 Å². The summed E-state index contributed by atoms with van der Waals surface area (Å²) in [4.78, 5) is 11.0. The van der Waals surface area contributed by atoms with Crippen molar-refractivity contribution in [3.63, 3.8) is 0 Å². The number of methoxy groups -OCH3 is 3. The van der Waals surface area contributed by atoms with E-state index in [1.54, 1.807) is 21.3 Å². The van der Waals surface area contributed by atoms with E-state index in [-0.39, 0.29) is 5.95 Å². The fraction of sp³-hybridized carbons (Fsp3) is 0.273. The highest BCUT2D eigenvalue weighted by molar-refractivity contribution is 5.82. The summed E-state index contributed by atoms with van der Waals surface area (Å²) in [6, 6.07) is 11.6. The summed E-state index contributed by atoms with van der Waals surface area (Å²) in [5.74, 6) is 2.95. The van der Waals surface area contributed by atoms with Crippen LogP contribution >= 0.6 is 0 Å². The third-order valence-corrected chi connectivity index (χ3v) is 5.30. The van der Waals surface area contributed by atoms with Gasteiger partial charge in [0.15, 0.2) is 17.3 Å². The number of rotatable bonds is 5. The van der Waals surface area contributed by atoms with Crippen molar-refractivity contribution in [2.75, 3.05) is 44.2 Å². The van der Waals surface area contributed by atoms with Crippen LogP contribution in [-0.4, -0.2) is 37.8 Å². The molecule has 0 amide bonds. The topological polar surface area (TPSA) is 109 Å². The maximum absolute atomic E-state index is 6.52. The van der Waals surface area contributed by atoms with Crippen LogP contribution in [0.3, 0.4) is 0 Å². The van der Waals surface area contributed by atoms with E-state index >= 15 is 0 Å². The standard InChI is InChI=1S/C22H25N5O3/c1-28-16-6-4-5-14(9-16)20-19(23)21(26-22(24)25-20)27-8-7-13-10-17(29-2)18(30-3)11-15(13)12-27/h4-6,9-11H,7-8,12,23H2,1-3H3,(H2,24,25,26). The molecule has 0 spiro atoms. The molecule has 1 aromatic heterocycles. The Hall–Kier alpha value is -3.68. The Morgan fingerprint density at radius 2 is 1.63 bits per heavy atom. The number of nitrogens with two attached hydrogens (primary N) is 2. The van der Waals surface area contributed by atoms with Crippen molar-refractivity contribution < 1.29 is 14.2 Å². The normalized spacial score (nSPS) is 13.0. The van der Waals surface area contributed by atoms with Gasteiger partial charge in [0, 0.05) is 18.7 Å². The van der Waals surface area contributed by atoms with Crippen molar-refractivity contribution >= 4 is 17.5 Å². The monoisotopic (exact) mass is 407 g/mol. The van der Waals surface area contributed by atoms with Crippen molar-refractivity contribution in [3.05, 3.63) is 47.5 Å². The maximum Gasteiger partial charge on any atom is 0.222 e. The van der Waals surface area contributed by atoms with Gasteiger partial charge in [-0.15, -0.1) is 0 Å². The van der Waals surface area contributed by atoms with Crippen LogP contribution in [0.4, 0.5) is 17.5 Å². The van der Waals surface area contributed by atoms with E-state index in [0.29, 0.717) is 29.5 Å². The molecule has 30 heavy (non-hydrogen) atoms. The second-order valence-electron chi connectivity index (χ2n) is 7.05. The van der Waals surface area contributed by atoms with E-state index in [1.807, 2.05) is 36.4 Å². The predicted molar refractivity (Wildman–Crippen MR) is 117 cm³/mol. The van der Waals surface area contributed by atoms with Gasteiger partial charge in [-0.05, 0) is 41.8 Å². The highest BCUT2D eigenvalue weighted by atomic mass is 16.5. The molecule has 8 heteroatoms. The van der Waals surface area contributed by atoms with Gasteiger partial charge >= 0.3 is 0 Å². The second kappa shape index (κ2) is 7.98. The first-order chi connectivity index (χ1) is 14.5. The van der Waals surface area contributed by atoms with Gasteiger partial charge in [-0.2, -0.15) is 4.98 Å².